The number of aromatic nitrogens is 5. The van der Waals surface area contributed by atoms with Gasteiger partial charge in [0.1, 0.15) is 0 Å². The molecule has 0 aliphatic heterocycles. The minimum absolute atomic E-state index is 0.0229. The Morgan fingerprint density at radius 3 is 2.29 bits per heavy atom. The van der Waals surface area contributed by atoms with E-state index in [1.165, 1.54) is 12.8 Å². The lowest BCUT2D eigenvalue weighted by atomic mass is 10.0. The molecular weight excluding hydrogens is 424 g/mol. The van der Waals surface area contributed by atoms with Crippen LogP contribution in [0.25, 0.3) is 22.6 Å². The standard InChI is InChI=1S/C27H34N6O/c1-4-5-6-13-18-23(20(3)34)33-27-24(31-32-33)26(28-19(2)21-14-9-7-10-15-21)29-25(30-27)22-16-11-8-12-17-22/h7-12,14-17,19-20,23,34H,4-6,13,18H2,1-3H3,(H,28,29,30)/t19-,20+,23+/m1/s1. The van der Waals surface area contributed by atoms with Crippen LogP contribution in [0.2, 0.25) is 0 Å². The monoisotopic (exact) mass is 458 g/mol. The lowest BCUT2D eigenvalue weighted by Crippen LogP contribution is -2.23. The third-order valence-electron chi connectivity index (χ3n) is 6.23. The number of nitrogens with zero attached hydrogens (tertiary/aromatic N) is 5. The number of hydrogen-bond acceptors (Lipinski definition) is 6. The Morgan fingerprint density at radius 2 is 1.62 bits per heavy atom. The van der Waals surface area contributed by atoms with Crippen LogP contribution >= 0.6 is 0 Å². The molecule has 0 saturated heterocycles. The second kappa shape index (κ2) is 11.2. The zero-order chi connectivity index (χ0) is 23.9. The van der Waals surface area contributed by atoms with Crippen LogP contribution in [-0.2, 0) is 0 Å². The number of fused-ring (bicyclic) bond motifs is 1. The Morgan fingerprint density at radius 1 is 0.912 bits per heavy atom. The second-order valence-electron chi connectivity index (χ2n) is 8.90. The molecule has 2 N–H and O–H groups in total. The molecule has 0 radical (unpaired) electrons. The van der Waals surface area contributed by atoms with Gasteiger partial charge < -0.3 is 10.4 Å². The fourth-order valence-corrected chi connectivity index (χ4v) is 4.25. The van der Waals surface area contributed by atoms with Crippen LogP contribution in [0.4, 0.5) is 5.82 Å². The van der Waals surface area contributed by atoms with Crippen LogP contribution in [0, 0.1) is 0 Å². The summed E-state index contributed by atoms with van der Waals surface area (Å²) in [5.41, 5.74) is 3.32. The quantitative estimate of drug-likeness (QED) is 0.270. The largest absolute Gasteiger partial charge is 0.391 e. The van der Waals surface area contributed by atoms with Crippen LogP contribution in [0.15, 0.2) is 60.7 Å². The lowest BCUT2D eigenvalue weighted by molar-refractivity contribution is 0.116. The van der Waals surface area contributed by atoms with E-state index in [1.807, 2.05) is 55.5 Å². The number of rotatable bonds is 11. The van der Waals surface area contributed by atoms with Gasteiger partial charge in [0, 0.05) is 5.56 Å². The number of benzene rings is 2. The highest BCUT2D eigenvalue weighted by Gasteiger charge is 2.24. The van der Waals surface area contributed by atoms with E-state index in [-0.39, 0.29) is 12.1 Å². The van der Waals surface area contributed by atoms with Gasteiger partial charge in [0.05, 0.1) is 18.2 Å². The van der Waals surface area contributed by atoms with Crippen molar-refractivity contribution in [2.45, 2.75) is 71.1 Å². The summed E-state index contributed by atoms with van der Waals surface area (Å²) in [5, 5.41) is 23.0. The summed E-state index contributed by atoms with van der Waals surface area (Å²) in [6.07, 6.45) is 4.78. The predicted octanol–water partition coefficient (Wildman–Crippen LogP) is 5.95. The molecule has 7 heteroatoms. The molecule has 178 valence electrons. The zero-order valence-corrected chi connectivity index (χ0v) is 20.2. The third-order valence-corrected chi connectivity index (χ3v) is 6.23. The molecule has 0 fully saturated rings. The molecule has 4 aromatic rings. The van der Waals surface area contributed by atoms with E-state index in [0.29, 0.717) is 22.8 Å². The fourth-order valence-electron chi connectivity index (χ4n) is 4.25. The maximum Gasteiger partial charge on any atom is 0.184 e. The van der Waals surface area contributed by atoms with Crippen molar-refractivity contribution in [1.82, 2.24) is 25.0 Å². The van der Waals surface area contributed by atoms with Crippen molar-refractivity contribution >= 4 is 17.0 Å². The van der Waals surface area contributed by atoms with Gasteiger partial charge in [-0.2, -0.15) is 0 Å². The first-order valence-electron chi connectivity index (χ1n) is 12.3. The van der Waals surface area contributed by atoms with Gasteiger partial charge in [0.2, 0.25) is 0 Å². The average Bonchev–Trinajstić information content (AvgIpc) is 3.29. The molecule has 2 aromatic heterocycles. The van der Waals surface area contributed by atoms with Gasteiger partial charge in [-0.3, -0.25) is 0 Å². The van der Waals surface area contributed by atoms with E-state index in [9.17, 15) is 5.11 Å². The Balaban J connectivity index is 1.76. The van der Waals surface area contributed by atoms with E-state index in [4.69, 9.17) is 9.97 Å². The van der Waals surface area contributed by atoms with Crippen molar-refractivity contribution in [1.29, 1.82) is 0 Å². The predicted molar refractivity (Wildman–Crippen MR) is 137 cm³/mol. The van der Waals surface area contributed by atoms with Crippen molar-refractivity contribution < 1.29 is 5.11 Å². The lowest BCUT2D eigenvalue weighted by Gasteiger charge is -2.21. The summed E-state index contributed by atoms with van der Waals surface area (Å²) in [7, 11) is 0. The molecular formula is C27H34N6O. The van der Waals surface area contributed by atoms with Gasteiger partial charge in [0.25, 0.3) is 0 Å². The summed E-state index contributed by atoms with van der Waals surface area (Å²) in [6.45, 7) is 6.11. The van der Waals surface area contributed by atoms with Crippen molar-refractivity contribution in [2.24, 2.45) is 0 Å². The third kappa shape index (κ3) is 5.42. The maximum absolute atomic E-state index is 10.6. The van der Waals surface area contributed by atoms with E-state index in [1.54, 1.807) is 4.68 Å². The molecule has 7 nitrogen and oxygen atoms in total. The smallest absolute Gasteiger partial charge is 0.184 e. The summed E-state index contributed by atoms with van der Waals surface area (Å²) in [5.74, 6) is 1.25. The highest BCUT2D eigenvalue weighted by atomic mass is 16.3. The molecule has 34 heavy (non-hydrogen) atoms. The Hall–Kier alpha value is -3.32. The molecule has 0 amide bonds. The van der Waals surface area contributed by atoms with Crippen molar-refractivity contribution in [2.75, 3.05) is 5.32 Å². The summed E-state index contributed by atoms with van der Waals surface area (Å²) >= 11 is 0. The molecule has 4 rings (SSSR count). The van der Waals surface area contributed by atoms with Crippen LogP contribution < -0.4 is 5.32 Å². The zero-order valence-electron chi connectivity index (χ0n) is 20.2. The number of unbranched alkanes of at least 4 members (excludes halogenated alkanes) is 3. The van der Waals surface area contributed by atoms with Gasteiger partial charge in [-0.25, -0.2) is 14.6 Å². The molecule has 0 spiro atoms. The van der Waals surface area contributed by atoms with E-state index in [2.05, 4.69) is 41.6 Å². The van der Waals surface area contributed by atoms with Crippen LogP contribution in [-0.4, -0.2) is 36.2 Å². The first kappa shape index (κ1) is 23.8. The highest BCUT2D eigenvalue weighted by molar-refractivity contribution is 5.84. The van der Waals surface area contributed by atoms with E-state index in [0.717, 1.165) is 30.4 Å². The summed E-state index contributed by atoms with van der Waals surface area (Å²) < 4.78 is 1.79. The first-order chi connectivity index (χ1) is 16.6. The Labute approximate surface area is 201 Å². The van der Waals surface area contributed by atoms with Crippen LogP contribution in [0.1, 0.15) is 70.5 Å². The van der Waals surface area contributed by atoms with Crippen LogP contribution in [0.5, 0.6) is 0 Å². The van der Waals surface area contributed by atoms with Crippen molar-refractivity contribution in [3.8, 4) is 11.4 Å². The van der Waals surface area contributed by atoms with Crippen molar-refractivity contribution in [3.05, 3.63) is 66.2 Å². The molecule has 0 saturated carbocycles. The first-order valence-corrected chi connectivity index (χ1v) is 12.3. The van der Waals surface area contributed by atoms with Gasteiger partial charge in [-0.15, -0.1) is 5.10 Å². The number of aliphatic hydroxyl groups is 1. The molecule has 0 bridgehead atoms. The Kier molecular flexibility index (Phi) is 7.85. The second-order valence-corrected chi connectivity index (χ2v) is 8.90. The summed E-state index contributed by atoms with van der Waals surface area (Å²) in [6, 6.07) is 20.0. The minimum atomic E-state index is -0.568. The number of aliphatic hydroxyl groups excluding tert-OH is 1. The van der Waals surface area contributed by atoms with Crippen molar-refractivity contribution in [3.63, 3.8) is 0 Å². The minimum Gasteiger partial charge on any atom is -0.391 e. The van der Waals surface area contributed by atoms with E-state index >= 15 is 0 Å². The van der Waals surface area contributed by atoms with Gasteiger partial charge in [-0.05, 0) is 25.8 Å². The maximum atomic E-state index is 10.6. The number of hydrogen-bond donors (Lipinski definition) is 2. The molecule has 0 unspecified atom stereocenters. The molecule has 0 aliphatic carbocycles. The van der Waals surface area contributed by atoms with Gasteiger partial charge >= 0.3 is 0 Å². The molecule has 3 atom stereocenters. The average molecular weight is 459 g/mol. The SMILES string of the molecule is CCCCCC[C@@H]([C@H](C)O)n1nnc2c(N[C@H](C)c3ccccc3)nc(-c3ccccc3)nc21. The van der Waals surface area contributed by atoms with Gasteiger partial charge in [0.15, 0.2) is 22.8 Å². The fraction of sp³-hybridized carbons (Fsp3) is 0.407. The number of anilines is 1. The Bertz CT molecular complexity index is 1180. The highest BCUT2D eigenvalue weighted by Crippen LogP contribution is 2.30. The van der Waals surface area contributed by atoms with E-state index < -0.39 is 6.10 Å². The normalized spacial score (nSPS) is 14.1. The molecule has 0 aliphatic rings. The van der Waals surface area contributed by atoms with Crippen LogP contribution in [0.3, 0.4) is 0 Å². The summed E-state index contributed by atoms with van der Waals surface area (Å²) in [4.78, 5) is 9.71. The molecule has 2 heterocycles. The molecule has 2 aromatic carbocycles. The number of nitrogens with one attached hydrogen (secondary N) is 1. The topological polar surface area (TPSA) is 88.8 Å². The van der Waals surface area contributed by atoms with Gasteiger partial charge in [-0.1, -0.05) is 98.5 Å².